The molecule has 0 spiro atoms. The second-order valence-electron chi connectivity index (χ2n) is 7.61. The Morgan fingerprint density at radius 3 is 2.27 bits per heavy atom. The Hall–Kier alpha value is -4.15. The Labute approximate surface area is 184 Å². The Kier molecular flexibility index (Phi) is 4.99. The first-order chi connectivity index (χ1) is 15.5. The van der Waals surface area contributed by atoms with E-state index in [1.165, 1.54) is 36.4 Å². The number of rotatable bonds is 3. The molecule has 2 aromatic carbocycles. The third-order valence-corrected chi connectivity index (χ3v) is 5.57. The number of amides is 2. The number of nitrogens with zero attached hydrogens (tertiary/aromatic N) is 1. The first-order valence-corrected chi connectivity index (χ1v) is 9.70. The second-order valence-corrected chi connectivity index (χ2v) is 7.61. The number of aryl methyl sites for hydroxylation is 2. The van der Waals surface area contributed by atoms with E-state index in [0.717, 1.165) is 15.7 Å². The lowest BCUT2D eigenvalue weighted by molar-refractivity contribution is -0.196. The van der Waals surface area contributed by atoms with Crippen LogP contribution in [0.25, 0.3) is 5.69 Å². The van der Waals surface area contributed by atoms with E-state index >= 15 is 0 Å². The van der Waals surface area contributed by atoms with E-state index in [2.05, 4.69) is 0 Å². The topological polar surface area (TPSA) is 113 Å². The van der Waals surface area contributed by atoms with Crippen LogP contribution < -0.4 is 21.9 Å². The monoisotopic (exact) mass is 458 g/mol. The van der Waals surface area contributed by atoms with Gasteiger partial charge in [-0.15, -0.1) is 0 Å². The number of nitrogens with one attached hydrogen (secondary N) is 3. The number of benzene rings is 2. The summed E-state index contributed by atoms with van der Waals surface area (Å²) in [6, 6.07) is 11.6. The summed E-state index contributed by atoms with van der Waals surface area (Å²) in [6.07, 6.45) is -5.41. The van der Waals surface area contributed by atoms with Crippen LogP contribution in [0, 0.1) is 13.8 Å². The SMILES string of the molecule is Cc1ccc(-n2c3c(c(=O)[nH]c2=O)[C@](NC(=O)c2ccccc2)(C(F)(F)F)C(=O)N3)cc1C. The van der Waals surface area contributed by atoms with Crippen LogP contribution in [0.5, 0.6) is 0 Å². The summed E-state index contributed by atoms with van der Waals surface area (Å²) < 4.78 is 44.1. The van der Waals surface area contributed by atoms with Crippen molar-refractivity contribution in [3.05, 3.63) is 91.6 Å². The maximum atomic E-state index is 14.4. The van der Waals surface area contributed by atoms with Gasteiger partial charge in [0.05, 0.1) is 5.69 Å². The summed E-state index contributed by atoms with van der Waals surface area (Å²) in [6.45, 7) is 3.53. The van der Waals surface area contributed by atoms with Gasteiger partial charge in [-0.05, 0) is 49.2 Å². The molecule has 2 heterocycles. The Morgan fingerprint density at radius 1 is 1.00 bits per heavy atom. The molecule has 33 heavy (non-hydrogen) atoms. The minimum atomic E-state index is -5.41. The van der Waals surface area contributed by atoms with Crippen molar-refractivity contribution in [2.75, 3.05) is 5.32 Å². The normalized spacial score (nSPS) is 17.4. The zero-order valence-electron chi connectivity index (χ0n) is 17.3. The van der Waals surface area contributed by atoms with Crippen LogP contribution in [0.2, 0.25) is 0 Å². The van der Waals surface area contributed by atoms with Crippen molar-refractivity contribution in [3.63, 3.8) is 0 Å². The number of hydrogen-bond acceptors (Lipinski definition) is 4. The molecule has 1 aromatic heterocycles. The minimum absolute atomic E-state index is 0.128. The number of carbonyl (C=O) groups is 2. The summed E-state index contributed by atoms with van der Waals surface area (Å²) in [5.74, 6) is -3.59. The van der Waals surface area contributed by atoms with Crippen molar-refractivity contribution < 1.29 is 22.8 Å². The molecule has 0 fully saturated rings. The number of alkyl halides is 3. The fourth-order valence-electron chi connectivity index (χ4n) is 3.72. The van der Waals surface area contributed by atoms with Gasteiger partial charge in [0.2, 0.25) is 0 Å². The number of anilines is 1. The number of carbonyl (C=O) groups excluding carboxylic acids is 2. The van der Waals surface area contributed by atoms with Gasteiger partial charge in [-0.2, -0.15) is 13.2 Å². The summed E-state index contributed by atoms with van der Waals surface area (Å²) in [4.78, 5) is 52.6. The molecule has 2 amide bonds. The van der Waals surface area contributed by atoms with Crippen molar-refractivity contribution in [2.24, 2.45) is 0 Å². The van der Waals surface area contributed by atoms with Crippen LogP contribution in [0.3, 0.4) is 0 Å². The number of H-pyrrole nitrogens is 1. The zero-order valence-corrected chi connectivity index (χ0v) is 17.3. The number of fused-ring (bicyclic) bond motifs is 1. The highest BCUT2D eigenvalue weighted by Crippen LogP contribution is 2.45. The van der Waals surface area contributed by atoms with Crippen LogP contribution in [0.1, 0.15) is 27.0 Å². The summed E-state index contributed by atoms with van der Waals surface area (Å²) in [7, 11) is 0. The number of hydrogen-bond donors (Lipinski definition) is 3. The highest BCUT2D eigenvalue weighted by molar-refractivity contribution is 6.09. The molecule has 0 bridgehead atoms. The molecule has 170 valence electrons. The minimum Gasteiger partial charge on any atom is -0.326 e. The van der Waals surface area contributed by atoms with Gasteiger partial charge in [0, 0.05) is 5.56 Å². The van der Waals surface area contributed by atoms with Gasteiger partial charge < -0.3 is 10.6 Å². The molecule has 1 aliphatic rings. The van der Waals surface area contributed by atoms with Crippen LogP contribution >= 0.6 is 0 Å². The van der Waals surface area contributed by atoms with E-state index in [1.54, 1.807) is 31.3 Å². The average Bonchev–Trinajstić information content (AvgIpc) is 3.04. The van der Waals surface area contributed by atoms with E-state index in [9.17, 15) is 32.3 Å². The largest absolute Gasteiger partial charge is 0.425 e. The van der Waals surface area contributed by atoms with Gasteiger partial charge in [0.15, 0.2) is 0 Å². The van der Waals surface area contributed by atoms with E-state index in [-0.39, 0.29) is 11.3 Å². The molecule has 0 saturated heterocycles. The summed E-state index contributed by atoms with van der Waals surface area (Å²) in [5, 5.41) is 3.71. The standard InChI is InChI=1S/C22H17F3N4O4/c1-11-8-9-14(10-12(11)2)29-16-15(18(31)27-20(29)33)21(19(32)26-16,22(23,24)25)28-17(30)13-6-4-3-5-7-13/h3-10H,1-2H3,(H,26,32)(H,28,30)(H,27,31,33)/t21-/m1/s1. The Balaban J connectivity index is 1.99. The predicted molar refractivity (Wildman–Crippen MR) is 112 cm³/mol. The maximum Gasteiger partial charge on any atom is 0.425 e. The first kappa shape index (κ1) is 22.1. The van der Waals surface area contributed by atoms with Crippen molar-refractivity contribution in [1.29, 1.82) is 0 Å². The van der Waals surface area contributed by atoms with Gasteiger partial charge in [0.1, 0.15) is 11.4 Å². The molecule has 11 heteroatoms. The zero-order chi connectivity index (χ0) is 24.1. The van der Waals surface area contributed by atoms with E-state index in [1.807, 2.05) is 10.3 Å². The lowest BCUT2D eigenvalue weighted by atomic mass is 9.91. The molecular weight excluding hydrogens is 441 g/mol. The van der Waals surface area contributed by atoms with Gasteiger partial charge in [0.25, 0.3) is 22.9 Å². The highest BCUT2D eigenvalue weighted by atomic mass is 19.4. The van der Waals surface area contributed by atoms with Crippen molar-refractivity contribution in [2.45, 2.75) is 25.6 Å². The third kappa shape index (κ3) is 3.32. The molecule has 3 aromatic rings. The molecule has 0 saturated carbocycles. The summed E-state index contributed by atoms with van der Waals surface area (Å²) in [5.41, 5.74) is -5.77. The first-order valence-electron chi connectivity index (χ1n) is 9.70. The Morgan fingerprint density at radius 2 is 1.67 bits per heavy atom. The fraction of sp³-hybridized carbons (Fsp3) is 0.182. The van der Waals surface area contributed by atoms with Crippen molar-refractivity contribution in [3.8, 4) is 5.69 Å². The van der Waals surface area contributed by atoms with Crippen LogP contribution in [0.4, 0.5) is 19.0 Å². The van der Waals surface area contributed by atoms with Gasteiger partial charge in [-0.3, -0.25) is 19.4 Å². The van der Waals surface area contributed by atoms with E-state index in [0.29, 0.717) is 0 Å². The number of halogens is 3. The Bertz CT molecular complexity index is 1410. The highest BCUT2D eigenvalue weighted by Gasteiger charge is 2.68. The smallest absolute Gasteiger partial charge is 0.326 e. The van der Waals surface area contributed by atoms with E-state index in [4.69, 9.17) is 0 Å². The third-order valence-electron chi connectivity index (χ3n) is 5.57. The predicted octanol–water partition coefficient (Wildman–Crippen LogP) is 2.28. The second kappa shape index (κ2) is 7.47. The molecule has 1 atom stereocenters. The molecule has 8 nitrogen and oxygen atoms in total. The quantitative estimate of drug-likeness (QED) is 0.559. The van der Waals surface area contributed by atoms with Gasteiger partial charge >= 0.3 is 11.9 Å². The lowest BCUT2D eigenvalue weighted by Gasteiger charge is -2.30. The van der Waals surface area contributed by atoms with Gasteiger partial charge in [-0.25, -0.2) is 9.36 Å². The van der Waals surface area contributed by atoms with Crippen LogP contribution in [-0.2, 0) is 10.3 Å². The molecule has 1 aliphatic heterocycles. The molecule has 4 rings (SSSR count). The fourth-order valence-corrected chi connectivity index (χ4v) is 3.72. The maximum absolute atomic E-state index is 14.4. The number of aromatic amines is 1. The van der Waals surface area contributed by atoms with Crippen molar-refractivity contribution >= 4 is 17.6 Å². The summed E-state index contributed by atoms with van der Waals surface area (Å²) >= 11 is 0. The van der Waals surface area contributed by atoms with Gasteiger partial charge in [-0.1, -0.05) is 24.3 Å². The average molecular weight is 458 g/mol. The lowest BCUT2D eigenvalue weighted by Crippen LogP contribution is -2.62. The molecule has 0 radical (unpaired) electrons. The molecular formula is C22H17F3N4O4. The molecule has 0 unspecified atom stereocenters. The molecule has 3 N–H and O–H groups in total. The molecule has 0 aliphatic carbocycles. The van der Waals surface area contributed by atoms with Crippen LogP contribution in [0.15, 0.2) is 58.1 Å². The number of aromatic nitrogens is 2. The van der Waals surface area contributed by atoms with Crippen molar-refractivity contribution in [1.82, 2.24) is 14.9 Å². The van der Waals surface area contributed by atoms with Crippen LogP contribution in [-0.4, -0.2) is 27.5 Å². The van der Waals surface area contributed by atoms with E-state index < -0.39 is 46.2 Å².